The first-order valence-corrected chi connectivity index (χ1v) is 12.9. The van der Waals surface area contributed by atoms with E-state index in [0.717, 1.165) is 59.8 Å². The summed E-state index contributed by atoms with van der Waals surface area (Å²) in [7, 11) is 0. The van der Waals surface area contributed by atoms with Gasteiger partial charge in [0.25, 0.3) is 0 Å². The van der Waals surface area contributed by atoms with E-state index in [9.17, 15) is 9.90 Å². The fraction of sp³-hybridized carbons (Fsp3) is 0.483. The van der Waals surface area contributed by atoms with Gasteiger partial charge in [0.1, 0.15) is 0 Å². The topological polar surface area (TPSA) is 53.0 Å². The number of rotatable bonds is 6. The van der Waals surface area contributed by atoms with Gasteiger partial charge in [-0.25, -0.2) is 4.79 Å². The normalized spacial score (nSPS) is 16.9. The number of carboxylic acids is 1. The lowest BCUT2D eigenvalue weighted by atomic mass is 9.83. The first-order valence-electron chi connectivity index (χ1n) is 12.5. The summed E-state index contributed by atoms with van der Waals surface area (Å²) in [5.41, 5.74) is 6.53. The predicted molar refractivity (Wildman–Crippen MR) is 141 cm³/mol. The van der Waals surface area contributed by atoms with Crippen molar-refractivity contribution < 1.29 is 14.6 Å². The molecule has 2 aliphatic heterocycles. The van der Waals surface area contributed by atoms with E-state index in [0.29, 0.717) is 5.02 Å². The van der Waals surface area contributed by atoms with Gasteiger partial charge < -0.3 is 19.6 Å². The average molecular weight is 497 g/mol. The number of carboxylic acid groups (broad SMARTS) is 1. The molecule has 2 aromatic rings. The third-order valence-corrected chi connectivity index (χ3v) is 7.44. The number of aliphatic carboxylic acids is 1. The van der Waals surface area contributed by atoms with Crippen molar-refractivity contribution in [2.75, 3.05) is 13.1 Å². The van der Waals surface area contributed by atoms with Crippen molar-refractivity contribution in [3.05, 3.63) is 69.5 Å². The van der Waals surface area contributed by atoms with Crippen molar-refractivity contribution in [2.24, 2.45) is 0 Å². The molecule has 0 aliphatic carbocycles. The number of fused-ring (bicyclic) bond motifs is 1. The standard InChI is InChI=1S/C29H37ClN2O3/c1-18-23-16-32(20(3)31-14-8-7-9-15-31)17-24(23)19(2)26(27(28(33)34)35-29(4,5)6)25(18)21-10-12-22(30)13-11-21/h10-13,27H,3,7-9,14-17H2,1-2,4-6H3,(H,33,34)/t27-/m0/s1. The van der Waals surface area contributed by atoms with E-state index in [-0.39, 0.29) is 0 Å². The van der Waals surface area contributed by atoms with E-state index in [1.807, 2.05) is 52.0 Å². The van der Waals surface area contributed by atoms with E-state index in [1.165, 1.54) is 30.4 Å². The third kappa shape index (κ3) is 5.22. The van der Waals surface area contributed by atoms with Crippen LogP contribution in [0.15, 0.2) is 36.7 Å². The monoisotopic (exact) mass is 496 g/mol. The molecular weight excluding hydrogens is 460 g/mol. The van der Waals surface area contributed by atoms with Gasteiger partial charge in [0.2, 0.25) is 0 Å². The molecule has 2 aromatic carbocycles. The molecule has 0 unspecified atom stereocenters. The predicted octanol–water partition coefficient (Wildman–Crippen LogP) is 6.84. The van der Waals surface area contributed by atoms with Crippen LogP contribution < -0.4 is 0 Å². The highest BCUT2D eigenvalue weighted by Crippen LogP contribution is 2.44. The molecule has 0 radical (unpaired) electrons. The summed E-state index contributed by atoms with van der Waals surface area (Å²) in [5.74, 6) is 0.0835. The highest BCUT2D eigenvalue weighted by molar-refractivity contribution is 6.30. The largest absolute Gasteiger partial charge is 0.479 e. The Balaban J connectivity index is 1.85. The second-order valence-corrected chi connectivity index (χ2v) is 11.2. The molecule has 1 saturated heterocycles. The minimum atomic E-state index is -1.08. The fourth-order valence-corrected chi connectivity index (χ4v) is 5.58. The van der Waals surface area contributed by atoms with Crippen LogP contribution in [0, 0.1) is 13.8 Å². The molecule has 1 N–H and O–H groups in total. The number of carbonyl (C=O) groups is 1. The van der Waals surface area contributed by atoms with Gasteiger partial charge in [-0.2, -0.15) is 0 Å². The van der Waals surface area contributed by atoms with Crippen LogP contribution in [-0.4, -0.2) is 39.6 Å². The molecule has 2 heterocycles. The van der Waals surface area contributed by atoms with E-state index in [2.05, 4.69) is 23.3 Å². The molecular formula is C29H37ClN2O3. The molecule has 0 saturated carbocycles. The summed E-state index contributed by atoms with van der Waals surface area (Å²) in [6.45, 7) is 17.9. The SMILES string of the molecule is C=C(N1CCCCC1)N1Cc2c(C)c(-c3ccc(Cl)cc3)c([C@H](OC(C)(C)C)C(=O)O)c(C)c2C1. The lowest BCUT2D eigenvalue weighted by molar-refractivity contribution is -0.160. The minimum Gasteiger partial charge on any atom is -0.479 e. The maximum absolute atomic E-state index is 12.6. The minimum absolute atomic E-state index is 0.617. The van der Waals surface area contributed by atoms with Crippen molar-refractivity contribution in [1.82, 2.24) is 9.80 Å². The number of likely N-dealkylation sites (tertiary alicyclic amines) is 1. The molecule has 4 rings (SSSR count). The highest BCUT2D eigenvalue weighted by atomic mass is 35.5. The van der Waals surface area contributed by atoms with E-state index in [1.54, 1.807) is 0 Å². The van der Waals surface area contributed by atoms with Gasteiger partial charge in [0.05, 0.1) is 11.4 Å². The lowest BCUT2D eigenvalue weighted by Gasteiger charge is -2.35. The molecule has 1 fully saturated rings. The van der Waals surface area contributed by atoms with E-state index >= 15 is 0 Å². The van der Waals surface area contributed by atoms with Gasteiger partial charge in [-0.05, 0) is 99.4 Å². The van der Waals surface area contributed by atoms with Gasteiger partial charge in [0, 0.05) is 36.8 Å². The summed E-state index contributed by atoms with van der Waals surface area (Å²) in [4.78, 5) is 17.3. The van der Waals surface area contributed by atoms with Crippen LogP contribution in [0.4, 0.5) is 0 Å². The maximum Gasteiger partial charge on any atom is 0.337 e. The Morgan fingerprint density at radius 1 is 1.00 bits per heavy atom. The molecule has 0 spiro atoms. The van der Waals surface area contributed by atoms with Gasteiger partial charge in [-0.15, -0.1) is 0 Å². The molecule has 0 aromatic heterocycles. The summed E-state index contributed by atoms with van der Waals surface area (Å²) >= 11 is 6.19. The zero-order chi connectivity index (χ0) is 25.5. The summed E-state index contributed by atoms with van der Waals surface area (Å²) in [6, 6.07) is 7.64. The Kier molecular flexibility index (Phi) is 7.21. The number of benzene rings is 2. The Hall–Kier alpha value is -2.50. The van der Waals surface area contributed by atoms with Crippen molar-refractivity contribution in [2.45, 2.75) is 78.7 Å². The Labute approximate surface area is 214 Å². The van der Waals surface area contributed by atoms with Gasteiger partial charge in [-0.1, -0.05) is 30.3 Å². The molecule has 35 heavy (non-hydrogen) atoms. The number of halogens is 1. The van der Waals surface area contributed by atoms with Crippen LogP contribution in [0.2, 0.25) is 5.02 Å². The van der Waals surface area contributed by atoms with Crippen molar-refractivity contribution in [3.63, 3.8) is 0 Å². The van der Waals surface area contributed by atoms with Crippen molar-refractivity contribution >= 4 is 17.6 Å². The second-order valence-electron chi connectivity index (χ2n) is 10.8. The van der Waals surface area contributed by atoms with Crippen LogP contribution in [0.25, 0.3) is 11.1 Å². The van der Waals surface area contributed by atoms with Crippen LogP contribution in [0.1, 0.15) is 74.0 Å². The van der Waals surface area contributed by atoms with Gasteiger partial charge in [-0.3, -0.25) is 0 Å². The third-order valence-electron chi connectivity index (χ3n) is 7.19. The number of nitrogens with zero attached hydrogens (tertiary/aromatic N) is 2. The lowest BCUT2D eigenvalue weighted by Crippen LogP contribution is -2.35. The van der Waals surface area contributed by atoms with Crippen LogP contribution in [0.5, 0.6) is 0 Å². The average Bonchev–Trinajstić information content (AvgIpc) is 3.26. The number of hydrogen-bond donors (Lipinski definition) is 1. The number of ether oxygens (including phenoxy) is 1. The molecule has 1 atom stereocenters. The quantitative estimate of drug-likeness (QED) is 0.474. The fourth-order valence-electron chi connectivity index (χ4n) is 5.46. The highest BCUT2D eigenvalue weighted by Gasteiger charge is 2.36. The molecule has 5 nitrogen and oxygen atoms in total. The Morgan fingerprint density at radius 3 is 2.11 bits per heavy atom. The van der Waals surface area contributed by atoms with Crippen LogP contribution in [-0.2, 0) is 22.6 Å². The van der Waals surface area contributed by atoms with Crippen LogP contribution in [0.3, 0.4) is 0 Å². The zero-order valence-corrected chi connectivity index (χ0v) is 22.3. The summed E-state index contributed by atoms with van der Waals surface area (Å²) < 4.78 is 6.17. The smallest absolute Gasteiger partial charge is 0.337 e. The molecule has 0 amide bonds. The zero-order valence-electron chi connectivity index (χ0n) is 21.6. The van der Waals surface area contributed by atoms with E-state index in [4.69, 9.17) is 16.3 Å². The Morgan fingerprint density at radius 2 is 1.57 bits per heavy atom. The molecule has 0 bridgehead atoms. The number of piperidine rings is 1. The summed E-state index contributed by atoms with van der Waals surface area (Å²) in [6.07, 6.45) is 2.60. The van der Waals surface area contributed by atoms with Crippen LogP contribution >= 0.6 is 11.6 Å². The second kappa shape index (κ2) is 9.87. The Bertz CT molecular complexity index is 1130. The number of hydrogen-bond acceptors (Lipinski definition) is 4. The van der Waals surface area contributed by atoms with Gasteiger partial charge in [0.15, 0.2) is 6.10 Å². The maximum atomic E-state index is 12.6. The molecule has 2 aliphatic rings. The molecule has 6 heteroatoms. The summed E-state index contributed by atoms with van der Waals surface area (Å²) in [5, 5.41) is 11.0. The molecule has 188 valence electrons. The first kappa shape index (κ1) is 25.6. The first-order chi connectivity index (χ1) is 16.5. The van der Waals surface area contributed by atoms with Crippen molar-refractivity contribution in [3.8, 4) is 11.1 Å². The van der Waals surface area contributed by atoms with Crippen molar-refractivity contribution in [1.29, 1.82) is 0 Å². The van der Waals surface area contributed by atoms with Gasteiger partial charge >= 0.3 is 5.97 Å². The van der Waals surface area contributed by atoms with E-state index < -0.39 is 17.7 Å².